The lowest BCUT2D eigenvalue weighted by Gasteiger charge is -2.22. The van der Waals surface area contributed by atoms with Crippen LogP contribution in [0.1, 0.15) is 35.2 Å². The maximum Gasteiger partial charge on any atom is 0.345 e. The molecule has 0 unspecified atom stereocenters. The first kappa shape index (κ1) is 12.4. The van der Waals surface area contributed by atoms with Gasteiger partial charge in [-0.2, -0.15) is 5.10 Å². The molecule has 6 heteroatoms. The molecule has 1 aliphatic heterocycles. The van der Waals surface area contributed by atoms with E-state index in [0.717, 1.165) is 36.3 Å². The van der Waals surface area contributed by atoms with E-state index < -0.39 is 5.97 Å². The smallest absolute Gasteiger partial charge is 0.345 e. The second kappa shape index (κ2) is 5.14. The van der Waals surface area contributed by atoms with Crippen LogP contribution >= 0.6 is 11.3 Å². The average Bonchev–Trinajstić information content (AvgIpc) is 3.09. The molecule has 1 saturated heterocycles. The van der Waals surface area contributed by atoms with Crippen LogP contribution in [0.15, 0.2) is 24.5 Å². The summed E-state index contributed by atoms with van der Waals surface area (Å²) < 4.78 is 7.49. The molecule has 19 heavy (non-hydrogen) atoms. The number of rotatable bonds is 3. The molecule has 1 aliphatic rings. The number of hydrogen-bond acceptors (Lipinski definition) is 4. The molecule has 0 aliphatic carbocycles. The predicted molar refractivity (Wildman–Crippen MR) is 71.3 cm³/mol. The number of aromatic carboxylic acids is 1. The Morgan fingerprint density at radius 2 is 2.37 bits per heavy atom. The monoisotopic (exact) mass is 278 g/mol. The lowest BCUT2D eigenvalue weighted by molar-refractivity contribution is -0.0394. The van der Waals surface area contributed by atoms with Gasteiger partial charge in [0, 0.05) is 23.2 Å². The van der Waals surface area contributed by atoms with Gasteiger partial charge in [-0.1, -0.05) is 0 Å². The fraction of sp³-hybridized carbons (Fsp3) is 0.385. The number of carboxylic acid groups (broad SMARTS) is 1. The second-order valence-corrected chi connectivity index (χ2v) is 5.58. The minimum absolute atomic E-state index is 0.0152. The van der Waals surface area contributed by atoms with Gasteiger partial charge in [-0.3, -0.25) is 0 Å². The van der Waals surface area contributed by atoms with Crippen LogP contribution in [0.5, 0.6) is 0 Å². The normalized spacial score (nSPS) is 19.5. The molecule has 1 fully saturated rings. The van der Waals surface area contributed by atoms with Crippen LogP contribution < -0.4 is 0 Å². The number of ether oxygens (including phenoxy) is 1. The highest BCUT2D eigenvalue weighted by atomic mass is 32.1. The lowest BCUT2D eigenvalue weighted by Crippen LogP contribution is -2.18. The molecule has 2 aromatic heterocycles. The van der Waals surface area contributed by atoms with Crippen LogP contribution in [0.2, 0.25) is 0 Å². The molecule has 0 radical (unpaired) electrons. The molecule has 0 spiro atoms. The van der Waals surface area contributed by atoms with Crippen LogP contribution in [0.4, 0.5) is 0 Å². The Labute approximate surface area is 114 Å². The first-order chi connectivity index (χ1) is 9.24. The zero-order chi connectivity index (χ0) is 13.2. The van der Waals surface area contributed by atoms with E-state index in [1.165, 1.54) is 11.3 Å². The molecular weight excluding hydrogens is 264 g/mol. The SMILES string of the molecule is O=C(O)c1ccc(-c2cnn([C@H]3CCCCO3)c2)s1. The molecule has 0 aromatic carbocycles. The summed E-state index contributed by atoms with van der Waals surface area (Å²) >= 11 is 1.26. The standard InChI is InChI=1S/C13H14N2O3S/c16-13(17)11-5-4-10(19-11)9-7-14-15(8-9)12-3-1-2-6-18-12/h4-5,7-8,12H,1-3,6H2,(H,16,17)/t12-/m1/s1. The van der Waals surface area contributed by atoms with Gasteiger partial charge in [-0.05, 0) is 31.4 Å². The lowest BCUT2D eigenvalue weighted by atomic mass is 10.2. The van der Waals surface area contributed by atoms with Gasteiger partial charge in [0.1, 0.15) is 11.1 Å². The molecule has 3 rings (SSSR count). The number of nitrogens with zero attached hydrogens (tertiary/aromatic N) is 2. The van der Waals surface area contributed by atoms with Gasteiger partial charge in [0.25, 0.3) is 0 Å². The molecule has 3 heterocycles. The van der Waals surface area contributed by atoms with E-state index in [-0.39, 0.29) is 6.23 Å². The summed E-state index contributed by atoms with van der Waals surface area (Å²) in [6, 6.07) is 3.44. The van der Waals surface area contributed by atoms with Crippen LogP contribution in [-0.4, -0.2) is 27.5 Å². The molecule has 0 saturated carbocycles. The minimum Gasteiger partial charge on any atom is -0.477 e. The van der Waals surface area contributed by atoms with E-state index >= 15 is 0 Å². The maximum absolute atomic E-state index is 10.9. The topological polar surface area (TPSA) is 64.3 Å². The third kappa shape index (κ3) is 2.54. The maximum atomic E-state index is 10.9. The quantitative estimate of drug-likeness (QED) is 0.937. The number of thiophene rings is 1. The average molecular weight is 278 g/mol. The zero-order valence-corrected chi connectivity index (χ0v) is 11.1. The van der Waals surface area contributed by atoms with E-state index in [1.54, 1.807) is 12.3 Å². The Bertz CT molecular complexity index is 584. The first-order valence-electron chi connectivity index (χ1n) is 6.23. The Morgan fingerprint density at radius 1 is 1.47 bits per heavy atom. The highest BCUT2D eigenvalue weighted by Crippen LogP contribution is 2.29. The molecule has 5 nitrogen and oxygen atoms in total. The molecular formula is C13H14N2O3S. The molecule has 1 N–H and O–H groups in total. The van der Waals surface area contributed by atoms with E-state index in [0.29, 0.717) is 4.88 Å². The zero-order valence-electron chi connectivity index (χ0n) is 10.3. The summed E-state index contributed by atoms with van der Waals surface area (Å²) in [5.74, 6) is -0.890. The predicted octanol–water partition coefficient (Wildman–Crippen LogP) is 3.01. The molecule has 100 valence electrons. The van der Waals surface area contributed by atoms with Crippen molar-refractivity contribution in [1.82, 2.24) is 9.78 Å². The Balaban J connectivity index is 1.81. The van der Waals surface area contributed by atoms with Gasteiger partial charge in [0.2, 0.25) is 0 Å². The minimum atomic E-state index is -0.890. The number of aromatic nitrogens is 2. The second-order valence-electron chi connectivity index (χ2n) is 4.50. The highest BCUT2D eigenvalue weighted by molar-refractivity contribution is 7.17. The van der Waals surface area contributed by atoms with E-state index in [1.807, 2.05) is 16.9 Å². The van der Waals surface area contributed by atoms with Crippen molar-refractivity contribution >= 4 is 17.3 Å². The van der Waals surface area contributed by atoms with Crippen molar-refractivity contribution in [2.45, 2.75) is 25.5 Å². The summed E-state index contributed by atoms with van der Waals surface area (Å²) in [4.78, 5) is 12.1. The number of hydrogen-bond donors (Lipinski definition) is 1. The van der Waals surface area contributed by atoms with Crippen LogP contribution in [-0.2, 0) is 4.74 Å². The van der Waals surface area contributed by atoms with E-state index in [2.05, 4.69) is 5.10 Å². The third-order valence-corrected chi connectivity index (χ3v) is 4.28. The van der Waals surface area contributed by atoms with E-state index in [9.17, 15) is 4.79 Å². The van der Waals surface area contributed by atoms with Gasteiger partial charge in [-0.25, -0.2) is 9.48 Å². The van der Waals surface area contributed by atoms with Crippen molar-refractivity contribution in [3.8, 4) is 10.4 Å². The third-order valence-electron chi connectivity index (χ3n) is 3.15. The fourth-order valence-corrected chi connectivity index (χ4v) is 2.98. The van der Waals surface area contributed by atoms with Crippen LogP contribution in [0, 0.1) is 0 Å². The van der Waals surface area contributed by atoms with Crippen molar-refractivity contribution in [1.29, 1.82) is 0 Å². The van der Waals surface area contributed by atoms with Crippen molar-refractivity contribution in [3.05, 3.63) is 29.4 Å². The van der Waals surface area contributed by atoms with Crippen molar-refractivity contribution in [2.75, 3.05) is 6.61 Å². The summed E-state index contributed by atoms with van der Waals surface area (Å²) in [5.41, 5.74) is 0.937. The van der Waals surface area contributed by atoms with E-state index in [4.69, 9.17) is 9.84 Å². The number of carbonyl (C=O) groups is 1. The van der Waals surface area contributed by atoms with Gasteiger partial charge in [0.15, 0.2) is 0 Å². The fourth-order valence-electron chi connectivity index (χ4n) is 2.16. The number of carboxylic acids is 1. The largest absolute Gasteiger partial charge is 0.477 e. The van der Waals surface area contributed by atoms with Crippen molar-refractivity contribution in [3.63, 3.8) is 0 Å². The van der Waals surface area contributed by atoms with Crippen molar-refractivity contribution in [2.24, 2.45) is 0 Å². The van der Waals surface area contributed by atoms with Gasteiger partial charge >= 0.3 is 5.97 Å². The summed E-state index contributed by atoms with van der Waals surface area (Å²) in [7, 11) is 0. The van der Waals surface area contributed by atoms with Gasteiger partial charge in [-0.15, -0.1) is 11.3 Å². The first-order valence-corrected chi connectivity index (χ1v) is 7.05. The molecule has 0 bridgehead atoms. The van der Waals surface area contributed by atoms with Gasteiger partial charge in [0.05, 0.1) is 6.20 Å². The van der Waals surface area contributed by atoms with Crippen LogP contribution in [0.3, 0.4) is 0 Å². The Morgan fingerprint density at radius 3 is 3.05 bits per heavy atom. The van der Waals surface area contributed by atoms with Gasteiger partial charge < -0.3 is 9.84 Å². The molecule has 1 atom stereocenters. The highest BCUT2D eigenvalue weighted by Gasteiger charge is 2.17. The Kier molecular flexibility index (Phi) is 3.35. The summed E-state index contributed by atoms with van der Waals surface area (Å²) in [6.07, 6.45) is 6.94. The molecule has 2 aromatic rings. The van der Waals surface area contributed by atoms with Crippen molar-refractivity contribution < 1.29 is 14.6 Å². The molecule has 0 amide bonds. The van der Waals surface area contributed by atoms with Crippen LogP contribution in [0.25, 0.3) is 10.4 Å². The summed E-state index contributed by atoms with van der Waals surface area (Å²) in [5, 5.41) is 13.2. The summed E-state index contributed by atoms with van der Waals surface area (Å²) in [6.45, 7) is 0.780. The Hall–Kier alpha value is -1.66.